The lowest BCUT2D eigenvalue weighted by atomic mass is 10.0. The summed E-state index contributed by atoms with van der Waals surface area (Å²) in [5.74, 6) is 0. The van der Waals surface area contributed by atoms with Crippen LogP contribution in [0.5, 0.6) is 0 Å². The van der Waals surface area contributed by atoms with Crippen LogP contribution in [0.1, 0.15) is 5.56 Å². The lowest BCUT2D eigenvalue weighted by molar-refractivity contribution is 0.553. The van der Waals surface area contributed by atoms with E-state index in [1.165, 1.54) is 29.5 Å². The van der Waals surface area contributed by atoms with E-state index in [0.717, 1.165) is 4.90 Å². The Bertz CT molecular complexity index is 528. The standard InChI is InChI=1S/C13H12S.C2H2N2O/c1-10-2-4-11(5-3-10)12-6-8-13(14)9-7-12;1-3-4-2-5-1/h2-9,14H,1H3;1-2H. The molecule has 0 aliphatic rings. The molecule has 0 atom stereocenters. The summed E-state index contributed by atoms with van der Waals surface area (Å²) >= 11 is 4.26. The Labute approximate surface area is 117 Å². The Hall–Kier alpha value is -2.07. The molecule has 3 aromatic rings. The molecule has 0 spiro atoms. The molecule has 1 heterocycles. The van der Waals surface area contributed by atoms with Crippen LogP contribution in [-0.2, 0) is 0 Å². The van der Waals surface area contributed by atoms with Crippen molar-refractivity contribution in [3.05, 3.63) is 66.9 Å². The molecule has 0 radical (unpaired) electrons. The van der Waals surface area contributed by atoms with Gasteiger partial charge in [-0.25, -0.2) is 0 Å². The summed E-state index contributed by atoms with van der Waals surface area (Å²) in [5.41, 5.74) is 3.78. The number of benzene rings is 2. The van der Waals surface area contributed by atoms with Crippen LogP contribution in [0, 0.1) is 6.92 Å². The fourth-order valence-corrected chi connectivity index (χ4v) is 1.69. The molecule has 0 aliphatic heterocycles. The van der Waals surface area contributed by atoms with Gasteiger partial charge in [0, 0.05) is 4.90 Å². The average Bonchev–Trinajstić information content (AvgIpc) is 3.00. The van der Waals surface area contributed by atoms with Crippen molar-refractivity contribution in [2.45, 2.75) is 11.8 Å². The van der Waals surface area contributed by atoms with Crippen molar-refractivity contribution in [3.8, 4) is 11.1 Å². The van der Waals surface area contributed by atoms with Gasteiger partial charge in [0.25, 0.3) is 0 Å². The van der Waals surface area contributed by atoms with Gasteiger partial charge in [-0.15, -0.1) is 22.8 Å². The van der Waals surface area contributed by atoms with E-state index in [-0.39, 0.29) is 0 Å². The molecule has 0 aliphatic carbocycles. The largest absolute Gasteiger partial charge is 0.431 e. The Morgan fingerprint density at radius 2 is 1.26 bits per heavy atom. The Morgan fingerprint density at radius 3 is 1.68 bits per heavy atom. The predicted molar refractivity (Wildman–Crippen MR) is 78.2 cm³/mol. The van der Waals surface area contributed by atoms with Crippen LogP contribution in [0.15, 0.2) is 70.6 Å². The third kappa shape index (κ3) is 4.26. The normalized spacial score (nSPS) is 9.58. The molecular weight excluding hydrogens is 256 g/mol. The highest BCUT2D eigenvalue weighted by Gasteiger charge is 1.95. The zero-order valence-corrected chi connectivity index (χ0v) is 11.4. The lowest BCUT2D eigenvalue weighted by Gasteiger charge is -2.02. The first-order valence-corrected chi connectivity index (χ1v) is 6.25. The molecule has 19 heavy (non-hydrogen) atoms. The van der Waals surface area contributed by atoms with Gasteiger partial charge in [-0.05, 0) is 30.2 Å². The van der Waals surface area contributed by atoms with E-state index >= 15 is 0 Å². The molecule has 0 fully saturated rings. The first kappa shape index (κ1) is 13.4. The smallest absolute Gasteiger partial charge is 0.203 e. The van der Waals surface area contributed by atoms with Crippen molar-refractivity contribution in [2.75, 3.05) is 0 Å². The number of thiol groups is 1. The fourth-order valence-electron chi connectivity index (χ4n) is 1.54. The summed E-state index contributed by atoms with van der Waals surface area (Å²) in [4.78, 5) is 1.00. The number of aryl methyl sites for hydroxylation is 1. The Morgan fingerprint density at radius 1 is 0.789 bits per heavy atom. The highest BCUT2D eigenvalue weighted by molar-refractivity contribution is 7.80. The van der Waals surface area contributed by atoms with Gasteiger partial charge in [0.15, 0.2) is 0 Å². The summed E-state index contributed by atoms with van der Waals surface area (Å²) in [6.45, 7) is 2.10. The van der Waals surface area contributed by atoms with Gasteiger partial charge in [0.05, 0.1) is 0 Å². The Balaban J connectivity index is 0.000000224. The Kier molecular flexibility index (Phi) is 4.75. The molecule has 0 saturated carbocycles. The van der Waals surface area contributed by atoms with Gasteiger partial charge in [-0.2, -0.15) is 0 Å². The minimum Gasteiger partial charge on any atom is -0.431 e. The predicted octanol–water partition coefficient (Wildman–Crippen LogP) is 4.02. The molecule has 0 unspecified atom stereocenters. The number of nitrogens with zero attached hydrogens (tertiary/aromatic N) is 2. The highest BCUT2D eigenvalue weighted by Crippen LogP contribution is 2.20. The van der Waals surface area contributed by atoms with Gasteiger partial charge < -0.3 is 4.42 Å². The van der Waals surface area contributed by atoms with Crippen LogP contribution < -0.4 is 0 Å². The number of hydrogen-bond acceptors (Lipinski definition) is 4. The maximum Gasteiger partial charge on any atom is 0.203 e. The zero-order valence-electron chi connectivity index (χ0n) is 10.5. The first-order chi connectivity index (χ1) is 9.25. The monoisotopic (exact) mass is 270 g/mol. The van der Waals surface area contributed by atoms with Gasteiger partial charge in [0.2, 0.25) is 12.8 Å². The molecule has 0 N–H and O–H groups in total. The SMILES string of the molecule is Cc1ccc(-c2ccc(S)cc2)cc1.c1nnco1. The maximum absolute atomic E-state index is 4.36. The van der Waals surface area contributed by atoms with E-state index in [0.29, 0.717) is 0 Å². The topological polar surface area (TPSA) is 38.9 Å². The minimum atomic E-state index is 1.00. The second-order valence-corrected chi connectivity index (χ2v) is 4.51. The molecular formula is C15H14N2OS. The molecule has 0 bridgehead atoms. The highest BCUT2D eigenvalue weighted by atomic mass is 32.1. The van der Waals surface area contributed by atoms with Crippen LogP contribution in [0.3, 0.4) is 0 Å². The van der Waals surface area contributed by atoms with Crippen molar-refractivity contribution in [1.29, 1.82) is 0 Å². The molecule has 3 rings (SSSR count). The molecule has 1 aromatic heterocycles. The molecule has 4 heteroatoms. The lowest BCUT2D eigenvalue weighted by Crippen LogP contribution is -1.77. The molecule has 96 valence electrons. The van der Waals surface area contributed by atoms with E-state index in [1.807, 2.05) is 12.1 Å². The minimum absolute atomic E-state index is 1.00. The summed E-state index contributed by atoms with van der Waals surface area (Å²) in [7, 11) is 0. The van der Waals surface area contributed by atoms with Crippen LogP contribution in [0.2, 0.25) is 0 Å². The van der Waals surface area contributed by atoms with E-state index in [9.17, 15) is 0 Å². The van der Waals surface area contributed by atoms with Gasteiger partial charge >= 0.3 is 0 Å². The van der Waals surface area contributed by atoms with Gasteiger partial charge in [-0.1, -0.05) is 42.0 Å². The van der Waals surface area contributed by atoms with Gasteiger partial charge in [-0.3, -0.25) is 0 Å². The third-order valence-electron chi connectivity index (χ3n) is 2.53. The second-order valence-electron chi connectivity index (χ2n) is 3.99. The molecule has 2 aromatic carbocycles. The zero-order chi connectivity index (χ0) is 13.5. The third-order valence-corrected chi connectivity index (χ3v) is 2.83. The fraction of sp³-hybridized carbons (Fsp3) is 0.0667. The molecule has 3 nitrogen and oxygen atoms in total. The van der Waals surface area contributed by atoms with Gasteiger partial charge in [0.1, 0.15) is 0 Å². The second kappa shape index (κ2) is 6.75. The van der Waals surface area contributed by atoms with Crippen molar-refractivity contribution >= 4 is 12.6 Å². The molecule has 0 amide bonds. The van der Waals surface area contributed by atoms with Crippen molar-refractivity contribution < 1.29 is 4.42 Å². The number of rotatable bonds is 1. The number of aromatic nitrogens is 2. The van der Waals surface area contributed by atoms with Crippen LogP contribution in [-0.4, -0.2) is 10.2 Å². The van der Waals surface area contributed by atoms with E-state index in [4.69, 9.17) is 0 Å². The molecule has 0 saturated heterocycles. The summed E-state index contributed by atoms with van der Waals surface area (Å²) in [6, 6.07) is 16.7. The summed E-state index contributed by atoms with van der Waals surface area (Å²) in [6.07, 6.45) is 2.53. The quantitative estimate of drug-likeness (QED) is 0.679. The van der Waals surface area contributed by atoms with Crippen molar-refractivity contribution in [2.24, 2.45) is 0 Å². The van der Waals surface area contributed by atoms with E-state index in [1.54, 1.807) is 0 Å². The van der Waals surface area contributed by atoms with E-state index in [2.05, 4.69) is 70.6 Å². The number of hydrogen-bond donors (Lipinski definition) is 1. The van der Waals surface area contributed by atoms with Crippen LogP contribution in [0.4, 0.5) is 0 Å². The first-order valence-electron chi connectivity index (χ1n) is 5.80. The van der Waals surface area contributed by atoms with Crippen LogP contribution >= 0.6 is 12.6 Å². The maximum atomic E-state index is 4.36. The average molecular weight is 270 g/mol. The summed E-state index contributed by atoms with van der Waals surface area (Å²) in [5, 5.41) is 6.61. The van der Waals surface area contributed by atoms with Crippen molar-refractivity contribution in [3.63, 3.8) is 0 Å². The van der Waals surface area contributed by atoms with Crippen LogP contribution in [0.25, 0.3) is 11.1 Å². The summed E-state index contributed by atoms with van der Waals surface area (Å²) < 4.78 is 4.36. The van der Waals surface area contributed by atoms with Crippen molar-refractivity contribution in [1.82, 2.24) is 10.2 Å². The van der Waals surface area contributed by atoms with E-state index < -0.39 is 0 Å².